The topological polar surface area (TPSA) is 93.7 Å². The fraction of sp³-hybridized carbons (Fsp3) is 0.500. The molecule has 0 aliphatic carbocycles. The van der Waals surface area contributed by atoms with E-state index in [4.69, 9.17) is 9.47 Å². The Morgan fingerprint density at radius 3 is 2.36 bits per heavy atom. The molecular weight excluding hydrogens is 324 g/mol. The van der Waals surface area contributed by atoms with Gasteiger partial charge in [0.2, 0.25) is 0 Å². The maximum absolute atomic E-state index is 11.6. The third-order valence-corrected chi connectivity index (χ3v) is 2.92. The summed E-state index contributed by atoms with van der Waals surface area (Å²) >= 11 is 0. The molecule has 0 fully saturated rings. The van der Waals surface area contributed by atoms with Crippen LogP contribution in [-0.4, -0.2) is 36.7 Å². The van der Waals surface area contributed by atoms with Crippen molar-refractivity contribution >= 4 is 18.0 Å². The lowest BCUT2D eigenvalue weighted by atomic mass is 10.2. The van der Waals surface area contributed by atoms with Crippen molar-refractivity contribution in [2.24, 2.45) is 0 Å². The minimum atomic E-state index is -0.559. The van der Waals surface area contributed by atoms with Crippen LogP contribution in [-0.2, 0) is 25.6 Å². The van der Waals surface area contributed by atoms with Crippen molar-refractivity contribution in [1.82, 2.24) is 10.6 Å². The summed E-state index contributed by atoms with van der Waals surface area (Å²) in [4.78, 5) is 34.6. The Kier molecular flexibility index (Phi) is 8.46. The SMILES string of the molecule is CC(C)(C)OC(=O)NCCCC(=O)OCC(=O)NCc1ccccc1. The minimum absolute atomic E-state index is 0.113. The number of hydrogen-bond acceptors (Lipinski definition) is 5. The van der Waals surface area contributed by atoms with Crippen molar-refractivity contribution < 1.29 is 23.9 Å². The first kappa shape index (κ1) is 20.5. The van der Waals surface area contributed by atoms with E-state index in [1.807, 2.05) is 30.3 Å². The van der Waals surface area contributed by atoms with Gasteiger partial charge in [-0.2, -0.15) is 0 Å². The molecule has 0 atom stereocenters. The maximum atomic E-state index is 11.6. The van der Waals surface area contributed by atoms with Crippen LogP contribution in [0.2, 0.25) is 0 Å². The van der Waals surface area contributed by atoms with Crippen molar-refractivity contribution in [1.29, 1.82) is 0 Å². The van der Waals surface area contributed by atoms with Gasteiger partial charge in [-0.1, -0.05) is 30.3 Å². The average Bonchev–Trinajstić information content (AvgIpc) is 2.54. The van der Waals surface area contributed by atoms with Crippen LogP contribution in [0.5, 0.6) is 0 Å². The number of hydrogen-bond donors (Lipinski definition) is 2. The Balaban J connectivity index is 2.08. The van der Waals surface area contributed by atoms with Gasteiger partial charge in [-0.3, -0.25) is 9.59 Å². The van der Waals surface area contributed by atoms with Crippen LogP contribution in [0.1, 0.15) is 39.2 Å². The first-order valence-corrected chi connectivity index (χ1v) is 8.19. The number of ether oxygens (including phenoxy) is 2. The molecule has 2 amide bonds. The summed E-state index contributed by atoms with van der Waals surface area (Å²) in [6.45, 7) is 5.68. The molecule has 0 saturated heterocycles. The molecule has 0 aliphatic heterocycles. The molecule has 1 aromatic carbocycles. The number of carbonyl (C=O) groups excluding carboxylic acids is 3. The molecule has 0 aliphatic rings. The van der Waals surface area contributed by atoms with E-state index in [9.17, 15) is 14.4 Å². The molecule has 7 nitrogen and oxygen atoms in total. The summed E-state index contributed by atoms with van der Waals surface area (Å²) in [7, 11) is 0. The molecule has 0 saturated carbocycles. The highest BCUT2D eigenvalue weighted by Gasteiger charge is 2.15. The van der Waals surface area contributed by atoms with Gasteiger partial charge in [-0.25, -0.2) is 4.79 Å². The Bertz CT molecular complexity index is 567. The van der Waals surface area contributed by atoms with Gasteiger partial charge in [-0.05, 0) is 32.8 Å². The van der Waals surface area contributed by atoms with Gasteiger partial charge in [0, 0.05) is 19.5 Å². The second-order valence-corrected chi connectivity index (χ2v) is 6.46. The number of rotatable bonds is 8. The molecule has 0 unspecified atom stereocenters. The van der Waals surface area contributed by atoms with Crippen molar-refractivity contribution in [3.8, 4) is 0 Å². The van der Waals surface area contributed by atoms with E-state index in [0.29, 0.717) is 19.5 Å². The number of benzene rings is 1. The van der Waals surface area contributed by atoms with Crippen molar-refractivity contribution in [2.75, 3.05) is 13.2 Å². The highest BCUT2D eigenvalue weighted by Crippen LogP contribution is 2.06. The van der Waals surface area contributed by atoms with E-state index < -0.39 is 17.7 Å². The van der Waals surface area contributed by atoms with Crippen LogP contribution in [0, 0.1) is 0 Å². The van der Waals surface area contributed by atoms with Crippen molar-refractivity contribution in [3.05, 3.63) is 35.9 Å². The van der Waals surface area contributed by atoms with E-state index in [0.717, 1.165) is 5.56 Å². The van der Waals surface area contributed by atoms with Crippen LogP contribution in [0.3, 0.4) is 0 Å². The molecule has 7 heteroatoms. The number of esters is 1. The van der Waals surface area contributed by atoms with Crippen LogP contribution in [0.15, 0.2) is 30.3 Å². The van der Waals surface area contributed by atoms with E-state index in [1.165, 1.54) is 0 Å². The van der Waals surface area contributed by atoms with Gasteiger partial charge in [0.25, 0.3) is 5.91 Å². The Morgan fingerprint density at radius 2 is 1.72 bits per heavy atom. The maximum Gasteiger partial charge on any atom is 0.407 e. The molecule has 0 spiro atoms. The Morgan fingerprint density at radius 1 is 1.04 bits per heavy atom. The zero-order valence-corrected chi connectivity index (χ0v) is 15.0. The Hall–Kier alpha value is -2.57. The lowest BCUT2D eigenvalue weighted by Crippen LogP contribution is -2.33. The quantitative estimate of drug-likeness (QED) is 0.553. The van der Waals surface area contributed by atoms with E-state index in [2.05, 4.69) is 10.6 Å². The third kappa shape index (κ3) is 10.8. The highest BCUT2D eigenvalue weighted by atomic mass is 16.6. The standard InChI is InChI=1S/C18H26N2O5/c1-18(2,3)25-17(23)19-11-7-10-16(22)24-13-15(21)20-12-14-8-5-4-6-9-14/h4-6,8-9H,7,10-13H2,1-3H3,(H,19,23)(H,20,21). The lowest BCUT2D eigenvalue weighted by molar-refractivity contribution is -0.148. The summed E-state index contributed by atoms with van der Waals surface area (Å²) in [5.74, 6) is -0.843. The summed E-state index contributed by atoms with van der Waals surface area (Å²) in [5.41, 5.74) is 0.409. The van der Waals surface area contributed by atoms with Crippen molar-refractivity contribution in [2.45, 2.75) is 45.8 Å². The first-order chi connectivity index (χ1) is 11.8. The second-order valence-electron chi connectivity index (χ2n) is 6.46. The molecular formula is C18H26N2O5. The zero-order chi connectivity index (χ0) is 18.7. The van der Waals surface area contributed by atoms with Gasteiger partial charge in [0.15, 0.2) is 6.61 Å². The van der Waals surface area contributed by atoms with E-state index in [-0.39, 0.29) is 18.9 Å². The molecule has 0 bridgehead atoms. The lowest BCUT2D eigenvalue weighted by Gasteiger charge is -2.19. The number of amides is 2. The molecule has 0 radical (unpaired) electrons. The third-order valence-electron chi connectivity index (χ3n) is 2.92. The average molecular weight is 350 g/mol. The van der Waals surface area contributed by atoms with Gasteiger partial charge in [-0.15, -0.1) is 0 Å². The normalized spacial score (nSPS) is 10.7. The fourth-order valence-corrected chi connectivity index (χ4v) is 1.80. The van der Waals surface area contributed by atoms with E-state index >= 15 is 0 Å². The van der Waals surface area contributed by atoms with Gasteiger partial charge >= 0.3 is 12.1 Å². The molecule has 25 heavy (non-hydrogen) atoms. The summed E-state index contributed by atoms with van der Waals surface area (Å²) in [6, 6.07) is 9.44. The molecule has 0 aromatic heterocycles. The fourth-order valence-electron chi connectivity index (χ4n) is 1.80. The molecule has 0 heterocycles. The van der Waals surface area contributed by atoms with Crippen LogP contribution in [0.25, 0.3) is 0 Å². The van der Waals surface area contributed by atoms with Gasteiger partial charge < -0.3 is 20.1 Å². The van der Waals surface area contributed by atoms with Crippen LogP contribution >= 0.6 is 0 Å². The zero-order valence-electron chi connectivity index (χ0n) is 15.0. The number of nitrogens with one attached hydrogen (secondary N) is 2. The minimum Gasteiger partial charge on any atom is -0.456 e. The van der Waals surface area contributed by atoms with Gasteiger partial charge in [0.1, 0.15) is 5.60 Å². The van der Waals surface area contributed by atoms with Crippen LogP contribution in [0.4, 0.5) is 4.79 Å². The van der Waals surface area contributed by atoms with Crippen molar-refractivity contribution in [3.63, 3.8) is 0 Å². The molecule has 1 aromatic rings. The molecule has 2 N–H and O–H groups in total. The van der Waals surface area contributed by atoms with Crippen LogP contribution < -0.4 is 10.6 Å². The molecule has 138 valence electrons. The first-order valence-electron chi connectivity index (χ1n) is 8.19. The predicted molar refractivity (Wildman–Crippen MR) is 92.7 cm³/mol. The molecule has 1 rings (SSSR count). The summed E-state index contributed by atoms with van der Waals surface area (Å²) < 4.78 is 9.95. The monoisotopic (exact) mass is 350 g/mol. The van der Waals surface area contributed by atoms with E-state index in [1.54, 1.807) is 20.8 Å². The van der Waals surface area contributed by atoms with Gasteiger partial charge in [0.05, 0.1) is 0 Å². The predicted octanol–water partition coefficient (Wildman–Crippen LogP) is 2.15. The summed E-state index contributed by atoms with van der Waals surface area (Å²) in [6.07, 6.45) is -0.00739. The number of alkyl carbamates (subject to hydrolysis) is 1. The Labute approximate surface area is 148 Å². The summed E-state index contributed by atoms with van der Waals surface area (Å²) in [5, 5.41) is 5.22. The number of carbonyl (C=O) groups is 3. The largest absolute Gasteiger partial charge is 0.456 e. The second kappa shape index (κ2) is 10.3. The smallest absolute Gasteiger partial charge is 0.407 e. The highest BCUT2D eigenvalue weighted by molar-refractivity contribution is 5.80.